The van der Waals surface area contributed by atoms with Crippen molar-refractivity contribution in [3.05, 3.63) is 59.3 Å². The van der Waals surface area contributed by atoms with Gasteiger partial charge >= 0.3 is 0 Å². The molecule has 0 spiro atoms. The van der Waals surface area contributed by atoms with Crippen molar-refractivity contribution < 1.29 is 0 Å². The molecule has 0 amide bonds. The van der Waals surface area contributed by atoms with Crippen LogP contribution < -0.4 is 0 Å². The molecule has 0 bridgehead atoms. The third kappa shape index (κ3) is 2.78. The fourth-order valence-corrected chi connectivity index (χ4v) is 3.24. The van der Waals surface area contributed by atoms with Crippen molar-refractivity contribution in [2.45, 2.75) is 46.0 Å². The number of unbranched alkanes of at least 4 members (excludes halogenated alkanes) is 2. The molecule has 108 valence electrons. The van der Waals surface area contributed by atoms with Gasteiger partial charge in [0.25, 0.3) is 0 Å². The molecule has 1 aliphatic rings. The Kier molecular flexibility index (Phi) is 4.19. The summed E-state index contributed by atoms with van der Waals surface area (Å²) in [5.74, 6) is 0. The van der Waals surface area contributed by atoms with Crippen LogP contribution in [0.3, 0.4) is 0 Å². The second kappa shape index (κ2) is 6.26. The number of hydrogen-bond acceptors (Lipinski definition) is 1. The topological polar surface area (TPSA) is 12.9 Å². The summed E-state index contributed by atoms with van der Waals surface area (Å²) >= 11 is 0. The molecule has 3 rings (SSSR count). The van der Waals surface area contributed by atoms with Crippen LogP contribution >= 0.6 is 0 Å². The number of benzene rings is 1. The van der Waals surface area contributed by atoms with Gasteiger partial charge in [0.15, 0.2) is 0 Å². The van der Waals surface area contributed by atoms with Gasteiger partial charge in [-0.25, -0.2) is 0 Å². The average molecular weight is 277 g/mol. The minimum Gasteiger partial charge on any atom is -0.256 e. The number of para-hydroxylation sites is 1. The Morgan fingerprint density at radius 2 is 1.95 bits per heavy atom. The molecule has 0 N–H and O–H groups in total. The number of rotatable bonds is 5. The van der Waals surface area contributed by atoms with Gasteiger partial charge in [0.05, 0.1) is 5.52 Å². The van der Waals surface area contributed by atoms with Gasteiger partial charge in [0.2, 0.25) is 0 Å². The monoisotopic (exact) mass is 277 g/mol. The summed E-state index contributed by atoms with van der Waals surface area (Å²) < 4.78 is 0. The van der Waals surface area contributed by atoms with E-state index in [2.05, 4.69) is 49.2 Å². The van der Waals surface area contributed by atoms with Crippen LogP contribution in [0.4, 0.5) is 0 Å². The number of nitrogens with zero attached hydrogens (tertiary/aromatic N) is 1. The minimum absolute atomic E-state index is 1.06. The molecule has 0 fully saturated rings. The van der Waals surface area contributed by atoms with E-state index < -0.39 is 0 Å². The molecule has 0 saturated heterocycles. The Balaban J connectivity index is 1.93. The molecule has 1 heteroatoms. The van der Waals surface area contributed by atoms with Crippen LogP contribution in [0.15, 0.2) is 53.8 Å². The highest BCUT2D eigenvalue weighted by atomic mass is 14.6. The van der Waals surface area contributed by atoms with Gasteiger partial charge in [0, 0.05) is 17.1 Å². The number of allylic oxidation sites excluding steroid dienone is 4. The quantitative estimate of drug-likeness (QED) is 0.618. The maximum atomic E-state index is 4.60. The van der Waals surface area contributed by atoms with Crippen LogP contribution in [0.1, 0.15) is 51.5 Å². The molecule has 1 aromatic heterocycles. The van der Waals surface area contributed by atoms with E-state index in [1.807, 2.05) is 12.3 Å². The van der Waals surface area contributed by atoms with Crippen LogP contribution in [-0.2, 0) is 0 Å². The lowest BCUT2D eigenvalue weighted by Gasteiger charge is -2.10. The number of fused-ring (bicyclic) bond motifs is 1. The lowest BCUT2D eigenvalue weighted by Crippen LogP contribution is -1.90. The highest BCUT2D eigenvalue weighted by Gasteiger charge is 2.17. The van der Waals surface area contributed by atoms with Crippen molar-refractivity contribution in [1.29, 1.82) is 0 Å². The summed E-state index contributed by atoms with van der Waals surface area (Å²) in [5.41, 5.74) is 6.94. The van der Waals surface area contributed by atoms with Gasteiger partial charge in [-0.3, -0.25) is 4.98 Å². The Hall–Kier alpha value is -1.89. The first-order valence-electron chi connectivity index (χ1n) is 8.04. The molecular weight excluding hydrogens is 254 g/mol. The third-order valence-electron chi connectivity index (χ3n) is 4.49. The first-order chi connectivity index (χ1) is 10.3. The summed E-state index contributed by atoms with van der Waals surface area (Å²) in [7, 11) is 0. The van der Waals surface area contributed by atoms with Gasteiger partial charge in [-0.05, 0) is 49.0 Å². The second-order valence-electron chi connectivity index (χ2n) is 5.87. The SMILES string of the molecule is CCCCCC1=CCC(c2cccc3cccnc23)=C1C. The van der Waals surface area contributed by atoms with Crippen molar-refractivity contribution in [3.63, 3.8) is 0 Å². The smallest absolute Gasteiger partial charge is 0.0777 e. The van der Waals surface area contributed by atoms with Gasteiger partial charge < -0.3 is 0 Å². The molecule has 0 saturated carbocycles. The lowest BCUT2D eigenvalue weighted by atomic mass is 9.96. The highest BCUT2D eigenvalue weighted by molar-refractivity contribution is 5.93. The normalized spacial score (nSPS) is 14.9. The Morgan fingerprint density at radius 3 is 2.81 bits per heavy atom. The molecule has 1 aromatic carbocycles. The molecule has 0 aliphatic heterocycles. The van der Waals surface area contributed by atoms with E-state index in [0.29, 0.717) is 0 Å². The van der Waals surface area contributed by atoms with Crippen LogP contribution in [-0.4, -0.2) is 4.98 Å². The number of hydrogen-bond donors (Lipinski definition) is 0. The van der Waals surface area contributed by atoms with Crippen molar-refractivity contribution in [1.82, 2.24) is 4.98 Å². The zero-order valence-electron chi connectivity index (χ0n) is 13.0. The fourth-order valence-electron chi connectivity index (χ4n) is 3.24. The van der Waals surface area contributed by atoms with Crippen molar-refractivity contribution in [3.8, 4) is 0 Å². The Morgan fingerprint density at radius 1 is 1.10 bits per heavy atom. The summed E-state index contributed by atoms with van der Waals surface area (Å²) in [6, 6.07) is 10.7. The van der Waals surface area contributed by atoms with E-state index >= 15 is 0 Å². The third-order valence-corrected chi connectivity index (χ3v) is 4.49. The van der Waals surface area contributed by atoms with Crippen LogP contribution in [0.2, 0.25) is 0 Å². The molecule has 1 heterocycles. The van der Waals surface area contributed by atoms with Gasteiger partial charge in [0.1, 0.15) is 0 Å². The van der Waals surface area contributed by atoms with E-state index in [4.69, 9.17) is 0 Å². The first-order valence-corrected chi connectivity index (χ1v) is 8.04. The highest BCUT2D eigenvalue weighted by Crippen LogP contribution is 2.37. The summed E-state index contributed by atoms with van der Waals surface area (Å²) in [6.45, 7) is 4.54. The number of pyridine rings is 1. The Bertz CT molecular complexity index is 701. The summed E-state index contributed by atoms with van der Waals surface area (Å²) in [4.78, 5) is 4.60. The van der Waals surface area contributed by atoms with E-state index in [0.717, 1.165) is 11.9 Å². The maximum Gasteiger partial charge on any atom is 0.0777 e. The standard InChI is InChI=1S/C20H23N/c1-3-4-5-8-16-12-13-18(15(16)2)19-11-6-9-17-10-7-14-21-20(17)19/h6-7,9-12,14H,3-5,8,13H2,1-2H3. The van der Waals surface area contributed by atoms with Crippen LogP contribution in [0, 0.1) is 0 Å². The molecule has 21 heavy (non-hydrogen) atoms. The zero-order chi connectivity index (χ0) is 14.7. The van der Waals surface area contributed by atoms with Gasteiger partial charge in [-0.15, -0.1) is 0 Å². The molecule has 0 radical (unpaired) electrons. The summed E-state index contributed by atoms with van der Waals surface area (Å²) in [6.07, 6.45) is 10.5. The lowest BCUT2D eigenvalue weighted by molar-refractivity contribution is 0.716. The minimum atomic E-state index is 1.06. The number of aromatic nitrogens is 1. The molecule has 1 aliphatic carbocycles. The van der Waals surface area contributed by atoms with Gasteiger partial charge in [-0.1, -0.05) is 50.1 Å². The zero-order valence-corrected chi connectivity index (χ0v) is 13.0. The summed E-state index contributed by atoms with van der Waals surface area (Å²) in [5, 5.41) is 1.23. The van der Waals surface area contributed by atoms with Gasteiger partial charge in [-0.2, -0.15) is 0 Å². The maximum absolute atomic E-state index is 4.60. The molecular formula is C20H23N. The predicted molar refractivity (Wildman–Crippen MR) is 91.2 cm³/mol. The van der Waals surface area contributed by atoms with E-state index in [1.54, 1.807) is 5.57 Å². The largest absolute Gasteiger partial charge is 0.256 e. The van der Waals surface area contributed by atoms with E-state index in [9.17, 15) is 0 Å². The van der Waals surface area contributed by atoms with Crippen molar-refractivity contribution in [2.24, 2.45) is 0 Å². The molecule has 2 aromatic rings. The van der Waals surface area contributed by atoms with Crippen LogP contribution in [0.5, 0.6) is 0 Å². The average Bonchev–Trinajstić information content (AvgIpc) is 2.88. The van der Waals surface area contributed by atoms with Crippen molar-refractivity contribution >= 4 is 16.5 Å². The van der Waals surface area contributed by atoms with Crippen LogP contribution in [0.25, 0.3) is 16.5 Å². The molecule has 1 nitrogen and oxygen atoms in total. The predicted octanol–water partition coefficient (Wildman–Crippen LogP) is 5.92. The Labute approximate surface area is 127 Å². The first kappa shape index (κ1) is 14.1. The molecule has 0 atom stereocenters. The second-order valence-corrected chi connectivity index (χ2v) is 5.87. The van der Waals surface area contributed by atoms with E-state index in [-0.39, 0.29) is 0 Å². The van der Waals surface area contributed by atoms with E-state index in [1.165, 1.54) is 47.8 Å². The molecule has 0 unspecified atom stereocenters. The van der Waals surface area contributed by atoms with Crippen molar-refractivity contribution in [2.75, 3.05) is 0 Å². The fraction of sp³-hybridized carbons (Fsp3) is 0.350.